The van der Waals surface area contributed by atoms with Crippen LogP contribution in [0.3, 0.4) is 0 Å². The monoisotopic (exact) mass is 431 g/mol. The fourth-order valence-corrected chi connectivity index (χ4v) is 4.84. The molecule has 0 bridgehead atoms. The minimum atomic E-state index is -4.02. The first-order chi connectivity index (χ1) is 14.1. The van der Waals surface area contributed by atoms with E-state index in [1.807, 2.05) is 0 Å². The summed E-state index contributed by atoms with van der Waals surface area (Å²) < 4.78 is 31.7. The minimum absolute atomic E-state index is 0.0192. The van der Waals surface area contributed by atoms with Crippen molar-refractivity contribution in [3.8, 4) is 5.75 Å². The Balaban J connectivity index is 1.85. The van der Waals surface area contributed by atoms with Gasteiger partial charge in [-0.25, -0.2) is 12.7 Å². The number of fused-ring (bicyclic) bond motifs is 1. The van der Waals surface area contributed by atoms with E-state index in [0.717, 1.165) is 4.31 Å². The largest absolute Gasteiger partial charge is 0.491 e. The Labute approximate surface area is 173 Å². The van der Waals surface area contributed by atoms with Gasteiger partial charge in [0.15, 0.2) is 0 Å². The summed E-state index contributed by atoms with van der Waals surface area (Å²) in [5.41, 5.74) is 5.54. The number of amides is 3. The van der Waals surface area contributed by atoms with E-state index in [-0.39, 0.29) is 29.1 Å². The number of benzene rings is 2. The second-order valence-electron chi connectivity index (χ2n) is 6.93. The van der Waals surface area contributed by atoms with Gasteiger partial charge in [-0.3, -0.25) is 14.4 Å². The summed E-state index contributed by atoms with van der Waals surface area (Å²) in [5.74, 6) is -1.36. The van der Waals surface area contributed by atoms with Crippen LogP contribution in [0.5, 0.6) is 5.75 Å². The molecule has 2 aromatic carbocycles. The fourth-order valence-electron chi connectivity index (χ4n) is 3.05. The summed E-state index contributed by atoms with van der Waals surface area (Å²) in [6.45, 7) is 3.25. The molecule has 2 aromatic rings. The van der Waals surface area contributed by atoms with Crippen LogP contribution in [-0.2, 0) is 14.8 Å². The summed E-state index contributed by atoms with van der Waals surface area (Å²) >= 11 is 0. The molecule has 1 heterocycles. The first kappa shape index (κ1) is 21.3. The molecule has 0 unspecified atom stereocenters. The van der Waals surface area contributed by atoms with Crippen molar-refractivity contribution >= 4 is 33.4 Å². The van der Waals surface area contributed by atoms with E-state index < -0.39 is 33.8 Å². The lowest BCUT2D eigenvalue weighted by Gasteiger charge is -2.18. The maximum Gasteiger partial charge on any atom is 0.269 e. The van der Waals surface area contributed by atoms with Crippen molar-refractivity contribution in [3.63, 3.8) is 0 Å². The highest BCUT2D eigenvalue weighted by Crippen LogP contribution is 2.33. The third-order valence-electron chi connectivity index (χ3n) is 4.42. The van der Waals surface area contributed by atoms with E-state index in [0.29, 0.717) is 11.4 Å². The lowest BCUT2D eigenvalue weighted by atomic mass is 10.1. The Morgan fingerprint density at radius 2 is 1.87 bits per heavy atom. The van der Waals surface area contributed by atoms with Crippen molar-refractivity contribution in [2.24, 2.45) is 5.73 Å². The highest BCUT2D eigenvalue weighted by atomic mass is 32.2. The zero-order valence-corrected chi connectivity index (χ0v) is 17.2. The van der Waals surface area contributed by atoms with Gasteiger partial charge in [-0.2, -0.15) is 0 Å². The molecule has 3 rings (SSSR count). The molecular formula is C20H21N3O6S. The van der Waals surface area contributed by atoms with E-state index in [4.69, 9.17) is 10.5 Å². The molecule has 0 radical (unpaired) electrons. The van der Waals surface area contributed by atoms with Crippen molar-refractivity contribution in [1.82, 2.24) is 4.31 Å². The molecule has 1 aliphatic rings. The highest BCUT2D eigenvalue weighted by molar-refractivity contribution is 7.90. The van der Waals surface area contributed by atoms with Crippen LogP contribution in [0.2, 0.25) is 0 Å². The maximum absolute atomic E-state index is 12.7. The fraction of sp³-hybridized carbons (Fsp3) is 0.250. The number of primary amides is 1. The van der Waals surface area contributed by atoms with Crippen LogP contribution in [0.15, 0.2) is 47.4 Å². The molecule has 158 valence electrons. The third-order valence-corrected chi connectivity index (χ3v) is 6.42. The number of nitrogens with two attached hydrogens (primary N) is 1. The number of para-hydroxylation sites is 2. The van der Waals surface area contributed by atoms with Crippen molar-refractivity contribution in [1.29, 1.82) is 0 Å². The lowest BCUT2D eigenvalue weighted by Crippen LogP contribution is -2.36. The van der Waals surface area contributed by atoms with Crippen LogP contribution in [0, 0.1) is 0 Å². The number of anilines is 1. The Morgan fingerprint density at radius 1 is 1.17 bits per heavy atom. The minimum Gasteiger partial charge on any atom is -0.491 e. The van der Waals surface area contributed by atoms with Crippen molar-refractivity contribution in [3.05, 3.63) is 53.6 Å². The van der Waals surface area contributed by atoms with Gasteiger partial charge in [0, 0.05) is 11.6 Å². The van der Waals surface area contributed by atoms with E-state index >= 15 is 0 Å². The number of ether oxygens (including phenoxy) is 1. The van der Waals surface area contributed by atoms with Gasteiger partial charge in [0.2, 0.25) is 5.91 Å². The molecule has 0 saturated heterocycles. The normalized spacial score (nSPS) is 14.5. The standard InChI is InChI=1S/C20H21N3O6S/c1-12(2)23-20(26)14-8-7-13(11-17(14)30(23,27)28)19(25)22-15-5-3-4-6-16(15)29-10-9-18(21)24/h3-8,11-12H,9-10H2,1-2H3,(H2,21,24)(H,22,25). The molecule has 0 aliphatic carbocycles. The molecule has 3 N–H and O–H groups in total. The summed E-state index contributed by atoms with van der Waals surface area (Å²) in [5, 5.41) is 2.66. The van der Waals surface area contributed by atoms with Gasteiger partial charge in [0.25, 0.3) is 21.8 Å². The number of sulfonamides is 1. The molecule has 1 aliphatic heterocycles. The number of nitrogens with zero attached hydrogens (tertiary/aromatic N) is 1. The molecule has 10 heteroatoms. The van der Waals surface area contributed by atoms with Gasteiger partial charge in [0.1, 0.15) is 10.6 Å². The molecule has 0 spiro atoms. The molecule has 9 nitrogen and oxygen atoms in total. The van der Waals surface area contributed by atoms with Crippen LogP contribution in [0.4, 0.5) is 5.69 Å². The van der Waals surface area contributed by atoms with Crippen molar-refractivity contribution in [2.45, 2.75) is 31.2 Å². The number of carbonyl (C=O) groups excluding carboxylic acids is 3. The summed E-state index contributed by atoms with van der Waals surface area (Å²) in [6, 6.07) is 9.97. The van der Waals surface area contributed by atoms with Crippen LogP contribution >= 0.6 is 0 Å². The SMILES string of the molecule is CC(C)N1C(=O)c2ccc(C(=O)Nc3ccccc3OCCC(N)=O)cc2S1(=O)=O. The molecular weight excluding hydrogens is 410 g/mol. The highest BCUT2D eigenvalue weighted by Gasteiger charge is 2.42. The van der Waals surface area contributed by atoms with Crippen molar-refractivity contribution in [2.75, 3.05) is 11.9 Å². The van der Waals surface area contributed by atoms with Gasteiger partial charge < -0.3 is 15.8 Å². The predicted molar refractivity (Wildman–Crippen MR) is 109 cm³/mol. The average Bonchev–Trinajstić information content (AvgIpc) is 2.88. The summed E-state index contributed by atoms with van der Waals surface area (Å²) in [7, 11) is -4.02. The van der Waals surface area contributed by atoms with Crippen LogP contribution in [-0.4, -0.2) is 43.1 Å². The molecule has 0 atom stereocenters. The van der Waals surface area contributed by atoms with Gasteiger partial charge in [-0.1, -0.05) is 12.1 Å². The summed E-state index contributed by atoms with van der Waals surface area (Å²) in [4.78, 5) is 35.8. The van der Waals surface area contributed by atoms with Crippen LogP contribution in [0.1, 0.15) is 41.0 Å². The lowest BCUT2D eigenvalue weighted by molar-refractivity contribution is -0.118. The van der Waals surface area contributed by atoms with Crippen molar-refractivity contribution < 1.29 is 27.5 Å². The van der Waals surface area contributed by atoms with Crippen LogP contribution < -0.4 is 15.8 Å². The molecule has 0 aromatic heterocycles. The predicted octanol–water partition coefficient (Wildman–Crippen LogP) is 1.75. The number of hydrogen-bond acceptors (Lipinski definition) is 6. The zero-order valence-electron chi connectivity index (χ0n) is 16.4. The van der Waals surface area contributed by atoms with Gasteiger partial charge in [-0.15, -0.1) is 0 Å². The van der Waals surface area contributed by atoms with E-state index in [1.165, 1.54) is 18.2 Å². The molecule has 30 heavy (non-hydrogen) atoms. The second-order valence-corrected chi connectivity index (χ2v) is 8.71. The van der Waals surface area contributed by atoms with Crippen LogP contribution in [0.25, 0.3) is 0 Å². The molecule has 0 saturated carbocycles. The van der Waals surface area contributed by atoms with Gasteiger partial charge in [0.05, 0.1) is 24.3 Å². The molecule has 0 fully saturated rings. The number of nitrogens with one attached hydrogen (secondary N) is 1. The summed E-state index contributed by atoms with van der Waals surface area (Å²) in [6.07, 6.45) is 0.0192. The van der Waals surface area contributed by atoms with Gasteiger partial charge >= 0.3 is 0 Å². The number of rotatable bonds is 7. The topological polar surface area (TPSA) is 136 Å². The zero-order chi connectivity index (χ0) is 22.1. The average molecular weight is 431 g/mol. The second kappa shape index (κ2) is 8.15. The molecule has 3 amide bonds. The van der Waals surface area contributed by atoms with E-state index in [2.05, 4.69) is 5.32 Å². The van der Waals surface area contributed by atoms with E-state index in [9.17, 15) is 22.8 Å². The number of hydrogen-bond donors (Lipinski definition) is 2. The Morgan fingerprint density at radius 3 is 2.53 bits per heavy atom. The third kappa shape index (κ3) is 3.99. The Kier molecular flexibility index (Phi) is 5.79. The number of carbonyl (C=O) groups is 3. The maximum atomic E-state index is 12.7. The first-order valence-corrected chi connectivity index (χ1v) is 10.6. The first-order valence-electron chi connectivity index (χ1n) is 9.17. The Bertz CT molecular complexity index is 1130. The van der Waals surface area contributed by atoms with Gasteiger partial charge in [-0.05, 0) is 44.2 Å². The Hall–Kier alpha value is -3.40. The smallest absolute Gasteiger partial charge is 0.269 e. The quantitative estimate of drug-likeness (QED) is 0.685. The van der Waals surface area contributed by atoms with E-state index in [1.54, 1.807) is 38.1 Å².